The Morgan fingerprint density at radius 3 is 1.66 bits per heavy atom. The number of benzene rings is 5. The summed E-state index contributed by atoms with van der Waals surface area (Å²) in [6.07, 6.45) is 2.31. The van der Waals surface area contributed by atoms with Gasteiger partial charge in [0, 0.05) is 10.8 Å². The molecule has 6 heteroatoms. The number of hydrogen-bond acceptors (Lipinski definition) is 6. The molecule has 8 rings (SSSR count). The third-order valence-electron chi connectivity index (χ3n) is 7.59. The monoisotopic (exact) mass is 592 g/mol. The first-order valence-corrected chi connectivity index (χ1v) is 15.5. The molecule has 3 unspecified atom stereocenters. The summed E-state index contributed by atoms with van der Waals surface area (Å²) in [6.45, 7) is 9.40. The van der Waals surface area contributed by atoms with Gasteiger partial charge in [0.25, 0.3) is 0 Å². The highest BCUT2D eigenvalue weighted by Gasteiger charge is 2.27. The smallest absolute Gasteiger partial charge is 0.223 e. The summed E-state index contributed by atoms with van der Waals surface area (Å²) in [4.78, 5) is 0. The zero-order valence-electron chi connectivity index (χ0n) is 25.7. The number of ether oxygens (including phenoxy) is 6. The normalized spacial score (nSPS) is 19.2. The Labute approximate surface area is 259 Å². The first-order valence-electron chi connectivity index (χ1n) is 15.5. The fourth-order valence-corrected chi connectivity index (χ4v) is 5.06. The van der Waals surface area contributed by atoms with Gasteiger partial charge >= 0.3 is 0 Å². The van der Waals surface area contributed by atoms with Gasteiger partial charge in [0.05, 0.1) is 6.61 Å². The summed E-state index contributed by atoms with van der Waals surface area (Å²) in [5, 5.41) is 4.73. The number of rotatable bonds is 9. The molecular formula is C38H40O6. The van der Waals surface area contributed by atoms with Gasteiger partial charge in [-0.25, -0.2) is 0 Å². The Morgan fingerprint density at radius 2 is 1.11 bits per heavy atom. The Bertz CT molecular complexity index is 1650. The van der Waals surface area contributed by atoms with Crippen LogP contribution in [0.2, 0.25) is 0 Å². The second kappa shape index (κ2) is 14.1. The second-order valence-corrected chi connectivity index (χ2v) is 11.1. The van der Waals surface area contributed by atoms with Gasteiger partial charge in [-0.2, -0.15) is 0 Å². The first-order chi connectivity index (χ1) is 21.6. The van der Waals surface area contributed by atoms with Crippen molar-refractivity contribution in [3.8, 4) is 17.2 Å². The Balaban J connectivity index is 0.000000117. The van der Waals surface area contributed by atoms with E-state index in [9.17, 15) is 0 Å². The quantitative estimate of drug-likeness (QED) is 0.161. The van der Waals surface area contributed by atoms with Gasteiger partial charge in [-0.15, -0.1) is 0 Å². The van der Waals surface area contributed by atoms with Gasteiger partial charge < -0.3 is 28.4 Å². The Morgan fingerprint density at radius 1 is 0.614 bits per heavy atom. The van der Waals surface area contributed by atoms with E-state index in [2.05, 4.69) is 69.3 Å². The van der Waals surface area contributed by atoms with E-state index in [-0.39, 0.29) is 12.6 Å². The number of fused-ring (bicyclic) bond motifs is 2. The van der Waals surface area contributed by atoms with E-state index >= 15 is 0 Å². The zero-order chi connectivity index (χ0) is 30.3. The lowest BCUT2D eigenvalue weighted by Crippen LogP contribution is -2.04. The van der Waals surface area contributed by atoms with Crippen LogP contribution in [0.25, 0.3) is 21.5 Å². The predicted molar refractivity (Wildman–Crippen MR) is 174 cm³/mol. The van der Waals surface area contributed by atoms with Gasteiger partial charge in [0.15, 0.2) is 0 Å². The van der Waals surface area contributed by atoms with E-state index in [4.69, 9.17) is 28.4 Å². The molecule has 0 radical (unpaired) electrons. The third kappa shape index (κ3) is 8.08. The lowest BCUT2D eigenvalue weighted by molar-refractivity contribution is 0.176. The molecule has 6 nitrogen and oxygen atoms in total. The summed E-state index contributed by atoms with van der Waals surface area (Å²) >= 11 is 0. The van der Waals surface area contributed by atoms with Crippen molar-refractivity contribution in [1.82, 2.24) is 0 Å². The van der Waals surface area contributed by atoms with Crippen molar-refractivity contribution in [2.24, 2.45) is 0 Å². The minimum absolute atomic E-state index is 0.00306. The van der Waals surface area contributed by atoms with Crippen molar-refractivity contribution in [1.29, 1.82) is 0 Å². The van der Waals surface area contributed by atoms with Crippen LogP contribution in [0.5, 0.6) is 17.2 Å². The molecule has 3 saturated heterocycles. The predicted octanol–water partition coefficient (Wildman–Crippen LogP) is 8.05. The van der Waals surface area contributed by atoms with Crippen LogP contribution in [0, 0.1) is 6.92 Å². The number of hydrogen-bond donors (Lipinski definition) is 0. The molecule has 0 aromatic heterocycles. The molecule has 0 aliphatic carbocycles. The number of aryl methyl sites for hydroxylation is 3. The molecule has 3 aliphatic heterocycles. The summed E-state index contributed by atoms with van der Waals surface area (Å²) < 4.78 is 32.4. The van der Waals surface area contributed by atoms with Crippen molar-refractivity contribution in [3.05, 3.63) is 114 Å². The van der Waals surface area contributed by atoms with Crippen molar-refractivity contribution < 1.29 is 28.4 Å². The van der Waals surface area contributed by atoms with Gasteiger partial charge in [0.1, 0.15) is 43.2 Å². The van der Waals surface area contributed by atoms with Crippen molar-refractivity contribution in [2.75, 3.05) is 26.4 Å². The molecule has 0 amide bonds. The van der Waals surface area contributed by atoms with Crippen LogP contribution >= 0.6 is 0 Å². The minimum atomic E-state index is -0.0270. The van der Waals surface area contributed by atoms with Crippen LogP contribution in [0.3, 0.4) is 0 Å². The molecule has 228 valence electrons. The van der Waals surface area contributed by atoms with E-state index in [0.717, 1.165) is 48.7 Å². The molecule has 3 aliphatic rings. The standard InChI is InChI=1S/C13H12O2.C13H18O2.C12H10O2/c1-2-6-12-10(4-1)5-3-7-13(12)15-9-11-8-14-11;1-4-10-6-9(3)7-11(5-2)13(10)15-12-8-14-12;1-2-6-10-9(4-1)5-3-7-11(10)14-12-8-13-12/h1-7,11H,8-9H2;6-7,12H,4-5,8H2,1-3H3;1-7,12H,8H2. The lowest BCUT2D eigenvalue weighted by atomic mass is 10.0. The van der Waals surface area contributed by atoms with Crippen LogP contribution in [0.1, 0.15) is 30.5 Å². The molecule has 0 N–H and O–H groups in total. The largest absolute Gasteiger partial charge is 0.490 e. The van der Waals surface area contributed by atoms with Crippen molar-refractivity contribution >= 4 is 21.5 Å². The Hall–Kier alpha value is -4.10. The third-order valence-corrected chi connectivity index (χ3v) is 7.59. The highest BCUT2D eigenvalue weighted by atomic mass is 16.8. The van der Waals surface area contributed by atoms with Crippen LogP contribution in [0.15, 0.2) is 97.1 Å². The van der Waals surface area contributed by atoms with E-state index in [1.54, 1.807) is 0 Å². The summed E-state index contributed by atoms with van der Waals surface area (Å²) in [5.41, 5.74) is 3.90. The van der Waals surface area contributed by atoms with Crippen molar-refractivity contribution in [2.45, 2.75) is 52.3 Å². The average molecular weight is 593 g/mol. The molecule has 5 aromatic carbocycles. The first kappa shape index (κ1) is 29.9. The molecular weight excluding hydrogens is 552 g/mol. The van der Waals surface area contributed by atoms with E-state index in [1.165, 1.54) is 32.8 Å². The highest BCUT2D eigenvalue weighted by Crippen LogP contribution is 2.31. The summed E-state index contributed by atoms with van der Waals surface area (Å²) in [7, 11) is 0. The molecule has 3 atom stereocenters. The lowest BCUT2D eigenvalue weighted by Gasteiger charge is -2.14. The topological polar surface area (TPSA) is 65.3 Å². The molecule has 0 bridgehead atoms. The highest BCUT2D eigenvalue weighted by molar-refractivity contribution is 5.88. The molecule has 3 heterocycles. The SMILES string of the molecule is CCc1cc(C)cc(CC)c1OC1CO1.c1ccc2c(OC3CO3)cccc2c1.c1ccc2c(OCC3CO3)cccc2c1. The maximum atomic E-state index is 5.80. The fraction of sp³-hybridized carbons (Fsp3) is 0.316. The van der Waals surface area contributed by atoms with Crippen LogP contribution in [0.4, 0.5) is 0 Å². The fourth-order valence-electron chi connectivity index (χ4n) is 5.06. The Kier molecular flexibility index (Phi) is 9.61. The zero-order valence-corrected chi connectivity index (χ0v) is 25.7. The van der Waals surface area contributed by atoms with E-state index in [0.29, 0.717) is 19.3 Å². The van der Waals surface area contributed by atoms with Crippen LogP contribution in [-0.4, -0.2) is 45.1 Å². The average Bonchev–Trinajstić information content (AvgIpc) is 3.91. The molecule has 3 fully saturated rings. The molecule has 5 aromatic rings. The summed E-state index contributed by atoms with van der Waals surface area (Å²) in [5.74, 6) is 2.90. The van der Waals surface area contributed by atoms with Gasteiger partial charge in [-0.05, 0) is 53.8 Å². The summed E-state index contributed by atoms with van der Waals surface area (Å²) in [6, 6.07) is 33.0. The maximum absolute atomic E-state index is 5.80. The van der Waals surface area contributed by atoms with Crippen molar-refractivity contribution in [3.63, 3.8) is 0 Å². The van der Waals surface area contributed by atoms with Gasteiger partial charge in [0.2, 0.25) is 12.6 Å². The van der Waals surface area contributed by atoms with E-state index in [1.807, 2.05) is 48.5 Å². The van der Waals surface area contributed by atoms with Crippen LogP contribution in [-0.2, 0) is 27.1 Å². The molecule has 0 spiro atoms. The molecule has 44 heavy (non-hydrogen) atoms. The van der Waals surface area contributed by atoms with E-state index < -0.39 is 0 Å². The maximum Gasteiger partial charge on any atom is 0.223 e. The van der Waals surface area contributed by atoms with Crippen LogP contribution < -0.4 is 14.2 Å². The molecule has 0 saturated carbocycles. The van der Waals surface area contributed by atoms with Gasteiger partial charge in [-0.1, -0.05) is 104 Å². The minimum Gasteiger partial charge on any atom is -0.490 e. The van der Waals surface area contributed by atoms with Gasteiger partial charge in [-0.3, -0.25) is 0 Å². The number of epoxide rings is 3. The second-order valence-electron chi connectivity index (χ2n) is 11.1.